The molecule has 0 atom stereocenters. The van der Waals surface area contributed by atoms with Gasteiger partial charge in [-0.25, -0.2) is 0 Å². The monoisotopic (exact) mass is 394 g/mol. The van der Waals surface area contributed by atoms with Crippen LogP contribution in [0.4, 0.5) is 0 Å². The third-order valence-corrected chi connectivity index (χ3v) is 5.85. The van der Waals surface area contributed by atoms with Gasteiger partial charge in [0.15, 0.2) is 0 Å². The summed E-state index contributed by atoms with van der Waals surface area (Å²) in [5.74, 6) is -0.398. The van der Waals surface area contributed by atoms with Gasteiger partial charge in [-0.1, -0.05) is 78.9 Å². The van der Waals surface area contributed by atoms with E-state index in [-0.39, 0.29) is 17.9 Å². The normalized spacial score (nSPS) is 16.0. The second-order valence-corrected chi connectivity index (χ2v) is 7.76. The van der Waals surface area contributed by atoms with Crippen LogP contribution in [-0.2, 0) is 0 Å². The van der Waals surface area contributed by atoms with Crippen molar-refractivity contribution in [2.45, 2.75) is 6.04 Å². The molecule has 4 heteroatoms. The Morgan fingerprint density at radius 3 is 1.67 bits per heavy atom. The second kappa shape index (κ2) is 7.73. The van der Waals surface area contributed by atoms with Crippen LogP contribution in [-0.4, -0.2) is 41.2 Å². The molecular formula is C26H22N2O2. The first-order chi connectivity index (χ1) is 14.7. The molecule has 148 valence electrons. The molecule has 5 rings (SSSR count). The lowest BCUT2D eigenvalue weighted by molar-refractivity contribution is 0.0671. The van der Waals surface area contributed by atoms with Crippen molar-refractivity contribution < 1.29 is 9.59 Å². The number of imide groups is 1. The number of amides is 2. The highest BCUT2D eigenvalue weighted by molar-refractivity contribution is 6.21. The number of hydrogen-bond donors (Lipinski definition) is 0. The molecule has 0 spiro atoms. The summed E-state index contributed by atoms with van der Waals surface area (Å²) in [6.07, 6.45) is 2.03. The number of carbonyl (C=O) groups is 2. The Labute approximate surface area is 176 Å². The molecule has 30 heavy (non-hydrogen) atoms. The van der Waals surface area contributed by atoms with E-state index in [9.17, 15) is 9.59 Å². The standard InChI is InChI=1S/C26H22N2O2/c29-25-22-13-7-8-14-23(22)26(30)28(25)16-15-19-17-27(18-19)24(20-9-3-1-4-10-20)21-11-5-2-6-12-21/h1-15,24H,16-18H2. The van der Waals surface area contributed by atoms with Crippen molar-refractivity contribution in [2.24, 2.45) is 0 Å². The Morgan fingerprint density at radius 1 is 0.700 bits per heavy atom. The van der Waals surface area contributed by atoms with Crippen LogP contribution in [0.5, 0.6) is 0 Å². The van der Waals surface area contributed by atoms with Gasteiger partial charge >= 0.3 is 0 Å². The molecule has 0 bridgehead atoms. The second-order valence-electron chi connectivity index (χ2n) is 7.76. The minimum Gasteiger partial charge on any atom is -0.284 e. The first kappa shape index (κ1) is 18.5. The van der Waals surface area contributed by atoms with Crippen LogP contribution in [0, 0.1) is 0 Å². The molecule has 0 N–H and O–H groups in total. The predicted octanol–water partition coefficient (Wildman–Crippen LogP) is 4.31. The minimum absolute atomic E-state index is 0.198. The molecule has 4 nitrogen and oxygen atoms in total. The first-order valence-electron chi connectivity index (χ1n) is 10.2. The molecule has 3 aromatic rings. The SMILES string of the molecule is O=C1c2ccccc2C(=O)N1CC=C1CN(C(c2ccccc2)c2ccccc2)C1. The summed E-state index contributed by atoms with van der Waals surface area (Å²) in [6.45, 7) is 1.99. The predicted molar refractivity (Wildman–Crippen MR) is 116 cm³/mol. The summed E-state index contributed by atoms with van der Waals surface area (Å²) >= 11 is 0. The van der Waals surface area contributed by atoms with Gasteiger partial charge in [-0.05, 0) is 28.8 Å². The maximum atomic E-state index is 12.5. The lowest BCUT2D eigenvalue weighted by Gasteiger charge is -2.41. The van der Waals surface area contributed by atoms with Crippen LogP contribution in [0.3, 0.4) is 0 Å². The zero-order chi connectivity index (χ0) is 20.5. The zero-order valence-electron chi connectivity index (χ0n) is 16.6. The van der Waals surface area contributed by atoms with Crippen molar-refractivity contribution in [3.63, 3.8) is 0 Å². The summed E-state index contributed by atoms with van der Waals surface area (Å²) in [5.41, 5.74) is 4.79. The number of hydrogen-bond acceptors (Lipinski definition) is 3. The van der Waals surface area contributed by atoms with E-state index in [1.807, 2.05) is 18.2 Å². The summed E-state index contributed by atoms with van der Waals surface area (Å²) in [4.78, 5) is 28.8. The average Bonchev–Trinajstić information content (AvgIpc) is 3.01. The van der Waals surface area contributed by atoms with E-state index in [0.29, 0.717) is 17.7 Å². The van der Waals surface area contributed by atoms with Crippen molar-refractivity contribution in [1.29, 1.82) is 0 Å². The van der Waals surface area contributed by atoms with Gasteiger partial charge < -0.3 is 0 Å². The quantitative estimate of drug-likeness (QED) is 0.478. The Balaban J connectivity index is 1.30. The van der Waals surface area contributed by atoms with E-state index in [2.05, 4.69) is 53.4 Å². The molecule has 1 fully saturated rings. The number of benzene rings is 3. The minimum atomic E-state index is -0.199. The van der Waals surface area contributed by atoms with Gasteiger partial charge in [0, 0.05) is 19.6 Å². The number of carbonyl (C=O) groups excluding carboxylic acids is 2. The molecule has 0 saturated carbocycles. The Bertz CT molecular complexity index is 1040. The highest BCUT2D eigenvalue weighted by Crippen LogP contribution is 2.34. The Kier molecular flexibility index (Phi) is 4.77. The molecule has 2 aliphatic rings. The highest BCUT2D eigenvalue weighted by atomic mass is 16.2. The van der Waals surface area contributed by atoms with Crippen molar-refractivity contribution in [1.82, 2.24) is 9.80 Å². The van der Waals surface area contributed by atoms with Crippen LogP contribution in [0.2, 0.25) is 0 Å². The van der Waals surface area contributed by atoms with Crippen LogP contribution in [0.25, 0.3) is 0 Å². The summed E-state index contributed by atoms with van der Waals surface area (Å²) in [5, 5.41) is 0. The van der Waals surface area contributed by atoms with Crippen LogP contribution >= 0.6 is 0 Å². The fourth-order valence-corrected chi connectivity index (χ4v) is 4.30. The molecule has 1 saturated heterocycles. The summed E-state index contributed by atoms with van der Waals surface area (Å²) in [7, 11) is 0. The van der Waals surface area contributed by atoms with Crippen molar-refractivity contribution in [3.05, 3.63) is 119 Å². The van der Waals surface area contributed by atoms with E-state index in [0.717, 1.165) is 13.1 Å². The lowest BCUT2D eigenvalue weighted by Crippen LogP contribution is -2.43. The zero-order valence-corrected chi connectivity index (χ0v) is 16.6. The Hall–Kier alpha value is -3.50. The van der Waals surface area contributed by atoms with Gasteiger partial charge in [0.1, 0.15) is 0 Å². The van der Waals surface area contributed by atoms with E-state index in [1.54, 1.807) is 24.3 Å². The van der Waals surface area contributed by atoms with Crippen LogP contribution in [0.15, 0.2) is 96.6 Å². The molecular weight excluding hydrogens is 372 g/mol. The molecule has 2 amide bonds. The van der Waals surface area contributed by atoms with Crippen molar-refractivity contribution >= 4 is 11.8 Å². The molecule has 0 radical (unpaired) electrons. The number of fused-ring (bicyclic) bond motifs is 1. The number of likely N-dealkylation sites (tertiary alicyclic amines) is 1. The number of rotatable bonds is 5. The molecule has 0 aromatic heterocycles. The van der Waals surface area contributed by atoms with E-state index < -0.39 is 0 Å². The number of nitrogens with zero attached hydrogens (tertiary/aromatic N) is 2. The van der Waals surface area contributed by atoms with Crippen LogP contribution in [0.1, 0.15) is 37.9 Å². The maximum absolute atomic E-state index is 12.5. The van der Waals surface area contributed by atoms with Crippen molar-refractivity contribution in [3.8, 4) is 0 Å². The Morgan fingerprint density at radius 2 is 1.17 bits per heavy atom. The largest absolute Gasteiger partial charge is 0.284 e. The van der Waals surface area contributed by atoms with Gasteiger partial charge in [-0.15, -0.1) is 0 Å². The highest BCUT2D eigenvalue weighted by Gasteiger charge is 2.35. The third-order valence-electron chi connectivity index (χ3n) is 5.85. The smallest absolute Gasteiger partial charge is 0.261 e. The lowest BCUT2D eigenvalue weighted by atomic mass is 9.93. The first-order valence-corrected chi connectivity index (χ1v) is 10.2. The van der Waals surface area contributed by atoms with Gasteiger partial charge in [-0.3, -0.25) is 19.4 Å². The molecule has 0 aliphatic carbocycles. The molecule has 0 unspecified atom stereocenters. The van der Waals surface area contributed by atoms with E-state index in [4.69, 9.17) is 0 Å². The third kappa shape index (κ3) is 3.25. The van der Waals surface area contributed by atoms with Gasteiger partial charge in [0.2, 0.25) is 0 Å². The fourth-order valence-electron chi connectivity index (χ4n) is 4.30. The summed E-state index contributed by atoms with van der Waals surface area (Å²) < 4.78 is 0. The molecule has 2 aliphatic heterocycles. The van der Waals surface area contributed by atoms with Gasteiger partial charge in [-0.2, -0.15) is 0 Å². The molecule has 2 heterocycles. The fraction of sp³-hybridized carbons (Fsp3) is 0.154. The average molecular weight is 394 g/mol. The van der Waals surface area contributed by atoms with Gasteiger partial charge in [0.25, 0.3) is 11.8 Å². The summed E-state index contributed by atoms with van der Waals surface area (Å²) in [6, 6.07) is 28.3. The van der Waals surface area contributed by atoms with Crippen LogP contribution < -0.4 is 0 Å². The van der Waals surface area contributed by atoms with Crippen molar-refractivity contribution in [2.75, 3.05) is 19.6 Å². The topological polar surface area (TPSA) is 40.6 Å². The molecule has 3 aromatic carbocycles. The van der Waals surface area contributed by atoms with E-state index >= 15 is 0 Å². The van der Waals surface area contributed by atoms with E-state index in [1.165, 1.54) is 21.6 Å². The maximum Gasteiger partial charge on any atom is 0.261 e. The van der Waals surface area contributed by atoms with Gasteiger partial charge in [0.05, 0.1) is 17.2 Å².